The fraction of sp³-hybridized carbons (Fsp3) is 0.455. The number of carboxylic acid groups (broad SMARTS) is 1. The second kappa shape index (κ2) is 5.64. The molecule has 4 nitrogen and oxygen atoms in total. The van der Waals surface area contributed by atoms with E-state index in [1.807, 2.05) is 13.8 Å². The van der Waals surface area contributed by atoms with Gasteiger partial charge in [0.25, 0.3) is 0 Å². The van der Waals surface area contributed by atoms with Gasteiger partial charge < -0.3 is 10.4 Å². The summed E-state index contributed by atoms with van der Waals surface area (Å²) in [6, 6.07) is 0. The number of aryl methyl sites for hydroxylation is 2. The fourth-order valence-corrected chi connectivity index (χ4v) is 3.13. The van der Waals surface area contributed by atoms with Crippen molar-refractivity contribution in [2.24, 2.45) is 5.92 Å². The van der Waals surface area contributed by atoms with E-state index >= 15 is 0 Å². The van der Waals surface area contributed by atoms with Crippen molar-refractivity contribution in [2.45, 2.75) is 27.3 Å². The van der Waals surface area contributed by atoms with Gasteiger partial charge in [-0.25, -0.2) is 0 Å². The molecule has 0 fully saturated rings. The molecule has 6 heteroatoms. The predicted octanol–water partition coefficient (Wildman–Crippen LogP) is 2.46. The van der Waals surface area contributed by atoms with E-state index in [2.05, 4.69) is 21.2 Å². The van der Waals surface area contributed by atoms with Gasteiger partial charge in [-0.2, -0.15) is 0 Å². The molecular weight excluding hydrogens is 306 g/mol. The quantitative estimate of drug-likeness (QED) is 0.838. The normalized spacial score (nSPS) is 12.2. The van der Waals surface area contributed by atoms with Crippen LogP contribution in [-0.2, 0) is 16.1 Å². The smallest absolute Gasteiger partial charge is 0.315 e. The molecule has 0 aliphatic heterocycles. The summed E-state index contributed by atoms with van der Waals surface area (Å²) in [5.41, 5.74) is 1.01. The Hall–Kier alpha value is -0.880. The van der Waals surface area contributed by atoms with Crippen LogP contribution in [0.15, 0.2) is 4.47 Å². The monoisotopic (exact) mass is 319 g/mol. The number of hydrogen-bond acceptors (Lipinski definition) is 3. The number of nitrogens with one attached hydrogen (secondary N) is 1. The lowest BCUT2D eigenvalue weighted by atomic mass is 10.1. The largest absolute Gasteiger partial charge is 0.481 e. The Kier molecular flexibility index (Phi) is 4.70. The van der Waals surface area contributed by atoms with E-state index in [0.717, 1.165) is 19.8 Å². The van der Waals surface area contributed by atoms with E-state index in [1.54, 1.807) is 11.3 Å². The Labute approximate surface area is 112 Å². The first-order chi connectivity index (χ1) is 7.84. The van der Waals surface area contributed by atoms with Crippen molar-refractivity contribution < 1.29 is 14.7 Å². The van der Waals surface area contributed by atoms with Gasteiger partial charge in [0.05, 0.1) is 0 Å². The lowest BCUT2D eigenvalue weighted by molar-refractivity contribution is -0.146. The van der Waals surface area contributed by atoms with Crippen LogP contribution in [0.2, 0.25) is 0 Å². The molecular formula is C11H14BrNO3S. The Morgan fingerprint density at radius 1 is 1.41 bits per heavy atom. The zero-order valence-corrected chi connectivity index (χ0v) is 12.2. The van der Waals surface area contributed by atoms with Gasteiger partial charge in [0.2, 0.25) is 5.91 Å². The zero-order chi connectivity index (χ0) is 13.2. The summed E-state index contributed by atoms with van der Waals surface area (Å²) < 4.78 is 0.989. The van der Waals surface area contributed by atoms with E-state index in [0.29, 0.717) is 6.54 Å². The SMILES string of the molecule is Cc1sc(C)c(CNC(=O)C(C)C(=O)O)c1Br. The molecule has 0 bridgehead atoms. The molecule has 0 saturated carbocycles. The number of halogens is 1. The molecule has 1 heterocycles. The molecule has 2 N–H and O–H groups in total. The van der Waals surface area contributed by atoms with Gasteiger partial charge in [0.15, 0.2) is 0 Å². The Balaban J connectivity index is 2.68. The van der Waals surface area contributed by atoms with Gasteiger partial charge in [-0.05, 0) is 42.3 Å². The van der Waals surface area contributed by atoms with Gasteiger partial charge in [-0.3, -0.25) is 9.59 Å². The van der Waals surface area contributed by atoms with Crippen molar-refractivity contribution in [3.05, 3.63) is 19.8 Å². The summed E-state index contributed by atoms with van der Waals surface area (Å²) in [5, 5.41) is 11.3. The summed E-state index contributed by atoms with van der Waals surface area (Å²) in [5.74, 6) is -2.60. The maximum Gasteiger partial charge on any atom is 0.315 e. The van der Waals surface area contributed by atoms with E-state index in [9.17, 15) is 9.59 Å². The van der Waals surface area contributed by atoms with Crippen molar-refractivity contribution in [2.75, 3.05) is 0 Å². The predicted molar refractivity (Wildman–Crippen MR) is 70.1 cm³/mol. The second-order valence-corrected chi connectivity index (χ2v) is 6.01. The van der Waals surface area contributed by atoms with Crippen molar-refractivity contribution in [3.8, 4) is 0 Å². The van der Waals surface area contributed by atoms with Crippen LogP contribution in [-0.4, -0.2) is 17.0 Å². The molecule has 0 spiro atoms. The Morgan fingerprint density at radius 3 is 2.41 bits per heavy atom. The minimum atomic E-state index is -1.11. The molecule has 1 aromatic rings. The molecule has 1 aromatic heterocycles. The van der Waals surface area contributed by atoms with Gasteiger partial charge in [0.1, 0.15) is 5.92 Å². The topological polar surface area (TPSA) is 66.4 Å². The summed E-state index contributed by atoms with van der Waals surface area (Å²) >= 11 is 5.11. The van der Waals surface area contributed by atoms with Crippen LogP contribution >= 0.6 is 27.3 Å². The summed E-state index contributed by atoms with van der Waals surface area (Å²) in [6.45, 7) is 5.70. The van der Waals surface area contributed by atoms with Crippen LogP contribution in [0, 0.1) is 19.8 Å². The van der Waals surface area contributed by atoms with Crippen LogP contribution in [0.25, 0.3) is 0 Å². The summed E-state index contributed by atoms with van der Waals surface area (Å²) in [7, 11) is 0. The van der Waals surface area contributed by atoms with Crippen molar-refractivity contribution in [1.29, 1.82) is 0 Å². The molecule has 0 aliphatic carbocycles. The number of aliphatic carboxylic acids is 1. The van der Waals surface area contributed by atoms with E-state index in [-0.39, 0.29) is 0 Å². The number of thiophene rings is 1. The highest BCUT2D eigenvalue weighted by Crippen LogP contribution is 2.31. The molecule has 0 saturated heterocycles. The minimum absolute atomic E-state index is 0.354. The Bertz CT molecular complexity index is 456. The number of rotatable bonds is 4. The maximum atomic E-state index is 11.5. The summed E-state index contributed by atoms with van der Waals surface area (Å²) in [6.07, 6.45) is 0. The molecule has 0 aliphatic rings. The third-order valence-electron chi connectivity index (χ3n) is 2.51. The van der Waals surface area contributed by atoms with E-state index in [1.165, 1.54) is 6.92 Å². The molecule has 1 amide bonds. The zero-order valence-electron chi connectivity index (χ0n) is 9.83. The van der Waals surface area contributed by atoms with Crippen molar-refractivity contribution in [1.82, 2.24) is 5.32 Å². The number of hydrogen-bond donors (Lipinski definition) is 2. The van der Waals surface area contributed by atoms with Crippen LogP contribution in [0.3, 0.4) is 0 Å². The molecule has 1 unspecified atom stereocenters. The summed E-state index contributed by atoms with van der Waals surface area (Å²) in [4.78, 5) is 24.4. The number of amides is 1. The minimum Gasteiger partial charge on any atom is -0.481 e. The lowest BCUT2D eigenvalue weighted by Crippen LogP contribution is -2.33. The molecule has 94 valence electrons. The highest BCUT2D eigenvalue weighted by Gasteiger charge is 2.20. The third kappa shape index (κ3) is 3.29. The molecule has 1 rings (SSSR count). The molecule has 1 atom stereocenters. The number of carbonyl (C=O) groups excluding carboxylic acids is 1. The van der Waals surface area contributed by atoms with Crippen molar-refractivity contribution in [3.63, 3.8) is 0 Å². The lowest BCUT2D eigenvalue weighted by Gasteiger charge is -2.08. The third-order valence-corrected chi connectivity index (χ3v) is 4.91. The first-order valence-electron chi connectivity index (χ1n) is 5.09. The standard InChI is InChI=1S/C11H14BrNO3S/c1-5(11(15)16)10(14)13-4-8-6(2)17-7(3)9(8)12/h5H,4H2,1-3H3,(H,13,14)(H,15,16). The molecule has 17 heavy (non-hydrogen) atoms. The van der Waals surface area contributed by atoms with Crippen molar-refractivity contribution >= 4 is 39.1 Å². The van der Waals surface area contributed by atoms with Gasteiger partial charge in [0, 0.05) is 20.8 Å². The Morgan fingerprint density at radius 2 is 2.00 bits per heavy atom. The highest BCUT2D eigenvalue weighted by atomic mass is 79.9. The number of carboxylic acids is 1. The van der Waals surface area contributed by atoms with E-state index < -0.39 is 17.8 Å². The highest BCUT2D eigenvalue weighted by molar-refractivity contribution is 9.10. The van der Waals surface area contributed by atoms with Gasteiger partial charge in [-0.15, -0.1) is 11.3 Å². The van der Waals surface area contributed by atoms with Gasteiger partial charge >= 0.3 is 5.97 Å². The van der Waals surface area contributed by atoms with Crippen LogP contribution < -0.4 is 5.32 Å². The number of carbonyl (C=O) groups is 2. The maximum absolute atomic E-state index is 11.5. The second-order valence-electron chi connectivity index (χ2n) is 3.78. The first-order valence-corrected chi connectivity index (χ1v) is 6.70. The fourth-order valence-electron chi connectivity index (χ4n) is 1.35. The average Bonchev–Trinajstić information content (AvgIpc) is 2.49. The first kappa shape index (κ1) is 14.2. The van der Waals surface area contributed by atoms with Crippen LogP contribution in [0.5, 0.6) is 0 Å². The van der Waals surface area contributed by atoms with Crippen LogP contribution in [0.4, 0.5) is 0 Å². The van der Waals surface area contributed by atoms with E-state index in [4.69, 9.17) is 5.11 Å². The molecule has 0 radical (unpaired) electrons. The van der Waals surface area contributed by atoms with Crippen LogP contribution in [0.1, 0.15) is 22.2 Å². The molecule has 0 aromatic carbocycles. The van der Waals surface area contributed by atoms with Gasteiger partial charge in [-0.1, -0.05) is 0 Å². The average molecular weight is 320 g/mol.